The third-order valence-electron chi connectivity index (χ3n) is 26.8. The summed E-state index contributed by atoms with van der Waals surface area (Å²) in [7, 11) is 0. The fraction of sp³-hybridized carbons (Fsp3) is 0. The van der Waals surface area contributed by atoms with E-state index in [1.165, 1.54) is 157 Å². The van der Waals surface area contributed by atoms with Crippen molar-refractivity contribution in [1.82, 2.24) is 27.4 Å². The van der Waals surface area contributed by atoms with Crippen molar-refractivity contribution < 1.29 is 8.83 Å². The molecule has 129 heavy (non-hydrogen) atoms. The van der Waals surface area contributed by atoms with Crippen LogP contribution in [0.2, 0.25) is 0 Å². The number of fused-ring (bicyclic) bond motifs is 30. The molecule has 0 unspecified atom stereocenters. The smallest absolute Gasteiger partial charge is 0.159 e. The van der Waals surface area contributed by atoms with E-state index in [-0.39, 0.29) is 0 Å². The van der Waals surface area contributed by atoms with Crippen molar-refractivity contribution in [1.29, 1.82) is 0 Å². The van der Waals surface area contributed by atoms with Gasteiger partial charge in [-0.05, 0) is 150 Å². The summed E-state index contributed by atoms with van der Waals surface area (Å²) in [6.45, 7) is 0. The Labute approximate surface area is 742 Å². The first-order valence-corrected chi connectivity index (χ1v) is 44.9. The normalized spacial score (nSPS) is 12.0. The maximum absolute atomic E-state index is 6.51. The number of benzene rings is 20. The van der Waals surface area contributed by atoms with Gasteiger partial charge in [-0.15, -0.1) is 11.3 Å². The standard InChI is InChI=1S/C42H26N2O.C42H26N2S.C36H22N2O/c1-2-11-28(12-3-1)44-36-18-7-4-13-31(36)33-25-26-38-40(41(33)44)35-15-5-8-19-37(35)43(38)29-23-21-27(22-24-29)30-16-10-17-34-32-14-6-9-20-39(32)45-42(30)34;1-2-11-28(12-3-1)43-37-18-7-4-13-31(37)34-25-26-35-32-14-5-8-19-38(32)44(41(35)40(34)43)29-23-21-27(22-24-29)30-16-10-17-36-33-15-6-9-20-39(33)45-42(30)36;1-2-11-23(12-3-1)37-29-17-7-4-13-24(29)26-21-22-31-34(35(26)37)28-15-5-8-18-30(28)38(31)32-19-10-16-27-25-14-6-9-20-33(25)39-36(27)32/h2*1-26H;1-22H. The van der Waals surface area contributed by atoms with Crippen LogP contribution in [0.1, 0.15) is 0 Å². The van der Waals surface area contributed by atoms with E-state index >= 15 is 0 Å². The van der Waals surface area contributed by atoms with Gasteiger partial charge in [0, 0.05) is 140 Å². The molecular formula is C120H74N6O2S. The molecule has 0 aliphatic heterocycles. The van der Waals surface area contributed by atoms with Crippen LogP contribution in [0.15, 0.2) is 458 Å². The lowest BCUT2D eigenvalue weighted by atomic mass is 10.0. The monoisotopic (exact) mass is 1660 g/mol. The highest BCUT2D eigenvalue weighted by Crippen LogP contribution is 2.49. The van der Waals surface area contributed by atoms with Gasteiger partial charge in [-0.25, -0.2) is 0 Å². The molecule has 0 saturated heterocycles. The summed E-state index contributed by atoms with van der Waals surface area (Å²) in [6.07, 6.45) is 0. The summed E-state index contributed by atoms with van der Waals surface area (Å²) >= 11 is 1.88. The van der Waals surface area contributed by atoms with E-state index in [1.54, 1.807) is 0 Å². The van der Waals surface area contributed by atoms with E-state index in [0.717, 1.165) is 94.5 Å². The topological polar surface area (TPSA) is 55.9 Å². The van der Waals surface area contributed by atoms with Crippen molar-refractivity contribution >= 4 is 206 Å². The minimum Gasteiger partial charge on any atom is -0.455 e. The van der Waals surface area contributed by atoms with Gasteiger partial charge in [0.1, 0.15) is 16.7 Å². The molecule has 9 heterocycles. The number of furan rings is 2. The molecule has 0 atom stereocenters. The van der Waals surface area contributed by atoms with Gasteiger partial charge in [-0.1, -0.05) is 315 Å². The second-order valence-corrected chi connectivity index (χ2v) is 34.7. The summed E-state index contributed by atoms with van der Waals surface area (Å²) in [6, 6.07) is 161. The van der Waals surface area contributed by atoms with Crippen LogP contribution in [-0.4, -0.2) is 27.4 Å². The molecule has 0 aliphatic carbocycles. The molecular weight excluding hydrogens is 1590 g/mol. The molecule has 0 aliphatic rings. The van der Waals surface area contributed by atoms with Gasteiger partial charge < -0.3 is 36.2 Å². The predicted octanol–water partition coefficient (Wildman–Crippen LogP) is 33.1. The van der Waals surface area contributed by atoms with E-state index in [2.05, 4.69) is 452 Å². The van der Waals surface area contributed by atoms with Gasteiger partial charge >= 0.3 is 0 Å². The van der Waals surface area contributed by atoms with Crippen LogP contribution >= 0.6 is 11.3 Å². The van der Waals surface area contributed by atoms with E-state index in [9.17, 15) is 0 Å². The first-order chi connectivity index (χ1) is 64.1. The highest BCUT2D eigenvalue weighted by atomic mass is 32.1. The van der Waals surface area contributed by atoms with Crippen molar-refractivity contribution in [3.63, 3.8) is 0 Å². The van der Waals surface area contributed by atoms with Crippen LogP contribution in [0.4, 0.5) is 0 Å². The SMILES string of the molecule is c1ccc(-n2c3ccccc3c3ccc4c(c5ccccc5n4-c4ccc(-c5cccc6c5oc5ccccc56)cc4)c32)cc1.c1ccc(-n2c3ccccc3c3ccc4c(c5ccccc5n4-c4cccc5c4oc4ccccc45)c32)cc1.c1ccc(-n2c3ccccc3c3ccc4c5ccccc5n(-c5ccc(-c6cccc7c6sc6ccccc67)cc5)c4c32)cc1. The molecule has 20 aromatic carbocycles. The number of para-hydroxylation sites is 13. The van der Waals surface area contributed by atoms with Crippen molar-refractivity contribution in [2.75, 3.05) is 0 Å². The fourth-order valence-corrected chi connectivity index (χ4v) is 22.5. The maximum atomic E-state index is 6.51. The average molecular weight is 1660 g/mol. The van der Waals surface area contributed by atoms with Gasteiger partial charge in [0.2, 0.25) is 0 Å². The zero-order valence-electron chi connectivity index (χ0n) is 69.6. The highest BCUT2D eigenvalue weighted by molar-refractivity contribution is 7.26. The molecule has 0 saturated carbocycles. The van der Waals surface area contributed by atoms with Gasteiger partial charge in [-0.3, -0.25) is 0 Å². The first-order valence-electron chi connectivity index (χ1n) is 44.0. The molecule has 29 aromatic rings. The van der Waals surface area contributed by atoms with Crippen molar-refractivity contribution in [3.05, 3.63) is 449 Å². The Kier molecular flexibility index (Phi) is 16.2. The second-order valence-electron chi connectivity index (χ2n) is 33.6. The van der Waals surface area contributed by atoms with E-state index < -0.39 is 0 Å². The fourth-order valence-electron chi connectivity index (χ4n) is 21.3. The lowest BCUT2D eigenvalue weighted by molar-refractivity contribution is 0.666. The van der Waals surface area contributed by atoms with E-state index in [1.807, 2.05) is 35.6 Å². The van der Waals surface area contributed by atoms with E-state index in [4.69, 9.17) is 8.83 Å². The summed E-state index contributed by atoms with van der Waals surface area (Å²) in [5.74, 6) is 0. The quantitative estimate of drug-likeness (QED) is 0.152. The summed E-state index contributed by atoms with van der Waals surface area (Å²) < 4.78 is 30.1. The molecule has 0 fully saturated rings. The zero-order valence-corrected chi connectivity index (χ0v) is 70.4. The predicted molar refractivity (Wildman–Crippen MR) is 544 cm³/mol. The minimum atomic E-state index is 0.907. The maximum Gasteiger partial charge on any atom is 0.159 e. The van der Waals surface area contributed by atoms with Crippen molar-refractivity contribution in [2.24, 2.45) is 0 Å². The lowest BCUT2D eigenvalue weighted by Gasteiger charge is -2.13. The molecule has 0 spiro atoms. The Bertz CT molecular complexity index is 9620. The molecule has 602 valence electrons. The molecule has 8 nitrogen and oxygen atoms in total. The van der Waals surface area contributed by atoms with Crippen LogP contribution in [0.3, 0.4) is 0 Å². The van der Waals surface area contributed by atoms with Crippen LogP contribution < -0.4 is 0 Å². The van der Waals surface area contributed by atoms with Crippen LogP contribution in [-0.2, 0) is 0 Å². The molecule has 0 amide bonds. The molecule has 0 bridgehead atoms. The number of rotatable bonds is 8. The molecule has 9 aromatic heterocycles. The molecule has 29 rings (SSSR count). The number of nitrogens with zero attached hydrogens (tertiary/aromatic N) is 6. The van der Waals surface area contributed by atoms with Crippen molar-refractivity contribution in [3.8, 4) is 56.4 Å². The van der Waals surface area contributed by atoms with Crippen molar-refractivity contribution in [2.45, 2.75) is 0 Å². The Morgan fingerprint density at radius 2 is 0.488 bits per heavy atom. The Morgan fingerprint density at radius 3 is 0.977 bits per heavy atom. The summed E-state index contributed by atoms with van der Waals surface area (Å²) in [5.41, 5.74) is 29.7. The first kappa shape index (κ1) is 72.5. The summed E-state index contributed by atoms with van der Waals surface area (Å²) in [5, 5.41) is 22.3. The third kappa shape index (κ3) is 11.0. The number of hydrogen-bond donors (Lipinski definition) is 0. The molecule has 9 heteroatoms. The molecule has 0 N–H and O–H groups in total. The number of hydrogen-bond acceptors (Lipinski definition) is 3. The van der Waals surface area contributed by atoms with Crippen LogP contribution in [0.25, 0.3) is 251 Å². The van der Waals surface area contributed by atoms with Gasteiger partial charge in [0.25, 0.3) is 0 Å². The van der Waals surface area contributed by atoms with E-state index in [0.29, 0.717) is 0 Å². The summed E-state index contributed by atoms with van der Waals surface area (Å²) in [4.78, 5) is 0. The van der Waals surface area contributed by atoms with Gasteiger partial charge in [-0.2, -0.15) is 0 Å². The van der Waals surface area contributed by atoms with Gasteiger partial charge in [0.05, 0.1) is 71.9 Å². The van der Waals surface area contributed by atoms with Crippen LogP contribution in [0.5, 0.6) is 0 Å². The average Bonchev–Trinajstić information content (AvgIpc) is 1.54. The Balaban J connectivity index is 0.000000100. The Morgan fingerprint density at radius 1 is 0.171 bits per heavy atom. The Hall–Kier alpha value is -17.0. The second kappa shape index (κ2) is 28.8. The zero-order chi connectivity index (χ0) is 84.5. The minimum absolute atomic E-state index is 0.907. The number of aromatic nitrogens is 6. The van der Waals surface area contributed by atoms with Crippen LogP contribution in [0, 0.1) is 0 Å². The number of thiophene rings is 1. The lowest BCUT2D eigenvalue weighted by Crippen LogP contribution is -1.98. The third-order valence-corrected chi connectivity index (χ3v) is 28.0. The highest BCUT2D eigenvalue weighted by Gasteiger charge is 2.27. The molecule has 0 radical (unpaired) electrons. The van der Waals surface area contributed by atoms with Gasteiger partial charge in [0.15, 0.2) is 5.58 Å². The largest absolute Gasteiger partial charge is 0.455 e.